The third-order valence-electron chi connectivity index (χ3n) is 3.87. The van der Waals surface area contributed by atoms with E-state index < -0.39 is 10.0 Å². The summed E-state index contributed by atoms with van der Waals surface area (Å²) in [5, 5.41) is 7.62. The standard InChI is InChI=1S/C15H20N4O2S/c1-12-3-4-14(13(2)11-12)19-15(5-6-17-19)22(20,21)18-9-7-16-8-10-18/h3-6,11,16H,7-10H2,1-2H3. The van der Waals surface area contributed by atoms with Gasteiger partial charge in [-0.15, -0.1) is 0 Å². The summed E-state index contributed by atoms with van der Waals surface area (Å²) in [4.78, 5) is 0. The molecule has 3 rings (SSSR count). The molecule has 0 bridgehead atoms. The Bertz CT molecular complexity index is 777. The van der Waals surface area contributed by atoms with Gasteiger partial charge in [0.1, 0.15) is 0 Å². The fourth-order valence-corrected chi connectivity index (χ4v) is 4.25. The Morgan fingerprint density at radius 1 is 1.14 bits per heavy atom. The highest BCUT2D eigenvalue weighted by Gasteiger charge is 2.29. The van der Waals surface area contributed by atoms with Gasteiger partial charge < -0.3 is 5.32 Å². The fraction of sp³-hybridized carbons (Fsp3) is 0.400. The van der Waals surface area contributed by atoms with Crippen LogP contribution in [-0.2, 0) is 10.0 Å². The molecule has 1 N–H and O–H groups in total. The first-order valence-corrected chi connectivity index (χ1v) is 8.77. The van der Waals surface area contributed by atoms with Crippen molar-refractivity contribution >= 4 is 10.0 Å². The maximum Gasteiger partial charge on any atom is 0.260 e. The van der Waals surface area contributed by atoms with Gasteiger partial charge in [-0.05, 0) is 31.5 Å². The highest BCUT2D eigenvalue weighted by molar-refractivity contribution is 7.89. The molecule has 118 valence electrons. The maximum absolute atomic E-state index is 12.9. The van der Waals surface area contributed by atoms with E-state index in [9.17, 15) is 8.42 Å². The van der Waals surface area contributed by atoms with Crippen LogP contribution in [0, 0.1) is 13.8 Å². The Labute approximate surface area is 130 Å². The van der Waals surface area contributed by atoms with Gasteiger partial charge in [0.15, 0.2) is 5.03 Å². The zero-order valence-corrected chi connectivity index (χ0v) is 13.6. The average molecular weight is 320 g/mol. The number of nitrogens with one attached hydrogen (secondary N) is 1. The number of aryl methyl sites for hydroxylation is 2. The highest BCUT2D eigenvalue weighted by Crippen LogP contribution is 2.22. The van der Waals surface area contributed by atoms with Crippen LogP contribution in [0.2, 0.25) is 0 Å². The van der Waals surface area contributed by atoms with Gasteiger partial charge in [0.2, 0.25) is 0 Å². The van der Waals surface area contributed by atoms with E-state index in [1.165, 1.54) is 15.2 Å². The van der Waals surface area contributed by atoms with Crippen LogP contribution >= 0.6 is 0 Å². The van der Waals surface area contributed by atoms with E-state index in [2.05, 4.69) is 10.4 Å². The van der Waals surface area contributed by atoms with Crippen LogP contribution in [0.4, 0.5) is 0 Å². The summed E-state index contributed by atoms with van der Waals surface area (Å²) in [5.41, 5.74) is 2.93. The molecule has 0 amide bonds. The van der Waals surface area contributed by atoms with Crippen molar-refractivity contribution in [3.8, 4) is 5.69 Å². The Hall–Kier alpha value is -1.70. The molecule has 1 aliphatic heterocycles. The lowest BCUT2D eigenvalue weighted by atomic mass is 10.1. The van der Waals surface area contributed by atoms with Crippen molar-refractivity contribution < 1.29 is 8.42 Å². The van der Waals surface area contributed by atoms with Crippen LogP contribution < -0.4 is 5.32 Å². The van der Waals surface area contributed by atoms with Crippen LogP contribution in [0.3, 0.4) is 0 Å². The lowest BCUT2D eigenvalue weighted by molar-refractivity contribution is 0.358. The van der Waals surface area contributed by atoms with E-state index in [-0.39, 0.29) is 5.03 Å². The van der Waals surface area contributed by atoms with Gasteiger partial charge in [0.05, 0.1) is 11.9 Å². The van der Waals surface area contributed by atoms with Gasteiger partial charge in [0.25, 0.3) is 10.0 Å². The Kier molecular flexibility index (Phi) is 4.03. The number of nitrogens with zero attached hydrogens (tertiary/aromatic N) is 3. The number of rotatable bonds is 3. The highest BCUT2D eigenvalue weighted by atomic mass is 32.2. The fourth-order valence-electron chi connectivity index (χ4n) is 2.73. The van der Waals surface area contributed by atoms with Gasteiger partial charge in [0, 0.05) is 26.2 Å². The minimum atomic E-state index is -3.53. The maximum atomic E-state index is 12.9. The van der Waals surface area contributed by atoms with Crippen LogP contribution in [0.5, 0.6) is 0 Å². The molecule has 0 saturated carbocycles. The molecule has 0 radical (unpaired) electrons. The van der Waals surface area contributed by atoms with Crippen molar-refractivity contribution in [2.45, 2.75) is 18.9 Å². The molecule has 2 heterocycles. The first-order valence-electron chi connectivity index (χ1n) is 7.33. The Balaban J connectivity index is 2.05. The number of sulfonamides is 1. The topological polar surface area (TPSA) is 67.2 Å². The normalized spacial score (nSPS) is 16.8. The number of aromatic nitrogens is 2. The molecule has 22 heavy (non-hydrogen) atoms. The quantitative estimate of drug-likeness (QED) is 0.919. The molecule has 1 aromatic heterocycles. The monoisotopic (exact) mass is 320 g/mol. The van der Waals surface area contributed by atoms with Gasteiger partial charge in [-0.25, -0.2) is 13.1 Å². The van der Waals surface area contributed by atoms with Gasteiger partial charge in [-0.2, -0.15) is 9.40 Å². The molecule has 1 fully saturated rings. The van der Waals surface area contributed by atoms with Crippen LogP contribution in [-0.4, -0.2) is 48.7 Å². The number of hydrogen-bond acceptors (Lipinski definition) is 4. The summed E-state index contributed by atoms with van der Waals surface area (Å²) in [6.45, 7) is 6.30. The molecule has 0 atom stereocenters. The minimum Gasteiger partial charge on any atom is -0.314 e. The average Bonchev–Trinajstić information content (AvgIpc) is 2.98. The van der Waals surface area contributed by atoms with Crippen molar-refractivity contribution in [2.24, 2.45) is 0 Å². The molecule has 0 unspecified atom stereocenters. The SMILES string of the molecule is Cc1ccc(-n2nccc2S(=O)(=O)N2CCNCC2)c(C)c1. The van der Waals surface area contributed by atoms with Crippen molar-refractivity contribution in [2.75, 3.05) is 26.2 Å². The van der Waals surface area contributed by atoms with Gasteiger partial charge >= 0.3 is 0 Å². The third-order valence-corrected chi connectivity index (χ3v) is 5.75. The largest absolute Gasteiger partial charge is 0.314 e. The molecule has 1 aromatic carbocycles. The number of piperazine rings is 1. The zero-order chi connectivity index (χ0) is 15.7. The van der Waals surface area contributed by atoms with Crippen molar-refractivity contribution in [3.63, 3.8) is 0 Å². The molecular formula is C15H20N4O2S. The number of hydrogen-bond donors (Lipinski definition) is 1. The summed E-state index contributed by atoms with van der Waals surface area (Å²) in [6.07, 6.45) is 1.54. The summed E-state index contributed by atoms with van der Waals surface area (Å²) in [7, 11) is -3.53. The summed E-state index contributed by atoms with van der Waals surface area (Å²) < 4.78 is 28.8. The minimum absolute atomic E-state index is 0.223. The van der Waals surface area contributed by atoms with Crippen molar-refractivity contribution in [1.82, 2.24) is 19.4 Å². The molecule has 2 aromatic rings. The molecule has 0 spiro atoms. The molecule has 1 aliphatic rings. The summed E-state index contributed by atoms with van der Waals surface area (Å²) in [6, 6.07) is 7.47. The zero-order valence-electron chi connectivity index (χ0n) is 12.8. The predicted molar refractivity (Wildman–Crippen MR) is 84.7 cm³/mol. The number of benzene rings is 1. The lowest BCUT2D eigenvalue weighted by Crippen LogP contribution is -2.46. The second kappa shape index (κ2) is 5.83. The summed E-state index contributed by atoms with van der Waals surface area (Å²) >= 11 is 0. The van der Waals surface area contributed by atoms with Crippen LogP contribution in [0.1, 0.15) is 11.1 Å². The smallest absolute Gasteiger partial charge is 0.260 e. The van der Waals surface area contributed by atoms with E-state index in [4.69, 9.17) is 0 Å². The second-order valence-corrected chi connectivity index (χ2v) is 7.41. The Morgan fingerprint density at radius 2 is 1.86 bits per heavy atom. The van der Waals surface area contributed by atoms with Gasteiger partial charge in [-0.1, -0.05) is 17.7 Å². The predicted octanol–water partition coefficient (Wildman–Crippen LogP) is 1.08. The van der Waals surface area contributed by atoms with E-state index in [1.54, 1.807) is 6.07 Å². The molecule has 1 saturated heterocycles. The van der Waals surface area contributed by atoms with Crippen LogP contribution in [0.15, 0.2) is 35.5 Å². The van der Waals surface area contributed by atoms with Crippen molar-refractivity contribution in [1.29, 1.82) is 0 Å². The second-order valence-electron chi connectivity index (χ2n) is 5.53. The van der Waals surface area contributed by atoms with E-state index in [0.29, 0.717) is 26.2 Å². The summed E-state index contributed by atoms with van der Waals surface area (Å²) in [5.74, 6) is 0. The first kappa shape index (κ1) is 15.2. The van der Waals surface area contributed by atoms with E-state index >= 15 is 0 Å². The van der Waals surface area contributed by atoms with Crippen LogP contribution in [0.25, 0.3) is 5.69 Å². The third kappa shape index (κ3) is 2.67. The van der Waals surface area contributed by atoms with E-state index in [0.717, 1.165) is 16.8 Å². The first-order chi connectivity index (χ1) is 10.5. The van der Waals surface area contributed by atoms with E-state index in [1.807, 2.05) is 32.0 Å². The van der Waals surface area contributed by atoms with Crippen molar-refractivity contribution in [3.05, 3.63) is 41.6 Å². The molecule has 6 nitrogen and oxygen atoms in total. The molecule has 7 heteroatoms. The molecule has 0 aliphatic carbocycles. The Morgan fingerprint density at radius 3 is 2.55 bits per heavy atom. The lowest BCUT2D eigenvalue weighted by Gasteiger charge is -2.26. The molecular weight excluding hydrogens is 300 g/mol. The van der Waals surface area contributed by atoms with Gasteiger partial charge in [-0.3, -0.25) is 0 Å².